The summed E-state index contributed by atoms with van der Waals surface area (Å²) in [6.45, 7) is 3.93. The first-order valence-corrected chi connectivity index (χ1v) is 6.29. The zero-order chi connectivity index (χ0) is 14.8. The third-order valence-corrected chi connectivity index (χ3v) is 2.67. The summed E-state index contributed by atoms with van der Waals surface area (Å²) in [6.07, 6.45) is 0. The summed E-state index contributed by atoms with van der Waals surface area (Å²) in [7, 11) is 0. The van der Waals surface area contributed by atoms with Crippen molar-refractivity contribution in [3.8, 4) is 11.3 Å². The summed E-state index contributed by atoms with van der Waals surface area (Å²) in [5.41, 5.74) is 5.60. The van der Waals surface area contributed by atoms with E-state index in [1.807, 2.05) is 0 Å². The number of furan rings is 1. The molecule has 1 heterocycles. The van der Waals surface area contributed by atoms with Crippen LogP contribution in [-0.4, -0.2) is 18.0 Å². The molecule has 21 heavy (non-hydrogen) atoms. The van der Waals surface area contributed by atoms with E-state index in [-0.39, 0.29) is 24.1 Å². The molecule has 114 valence electrons. The van der Waals surface area contributed by atoms with E-state index < -0.39 is 11.4 Å². The first-order valence-electron chi connectivity index (χ1n) is 6.29. The van der Waals surface area contributed by atoms with E-state index in [4.69, 9.17) is 10.2 Å². The monoisotopic (exact) mass is 312 g/mol. The van der Waals surface area contributed by atoms with Crippen LogP contribution in [0.1, 0.15) is 24.4 Å². The lowest BCUT2D eigenvalue weighted by Gasteiger charge is -2.18. The largest absolute Gasteiger partial charge is 0.451 e. The lowest BCUT2D eigenvalue weighted by Crippen LogP contribution is -2.45. The summed E-state index contributed by atoms with van der Waals surface area (Å²) in [4.78, 5) is 11.9. The predicted octanol–water partition coefficient (Wildman–Crippen LogP) is 2.97. The molecular formula is C15H18ClFN2O2. The minimum Gasteiger partial charge on any atom is -0.451 e. The number of nitrogens with one attached hydrogen (secondary N) is 1. The van der Waals surface area contributed by atoms with Crippen LogP contribution in [0.25, 0.3) is 11.3 Å². The topological polar surface area (TPSA) is 68.3 Å². The van der Waals surface area contributed by atoms with Gasteiger partial charge >= 0.3 is 0 Å². The highest BCUT2D eigenvalue weighted by atomic mass is 35.5. The molecular weight excluding hydrogens is 295 g/mol. The van der Waals surface area contributed by atoms with E-state index in [9.17, 15) is 9.18 Å². The van der Waals surface area contributed by atoms with Gasteiger partial charge < -0.3 is 15.5 Å². The Kier molecular flexibility index (Phi) is 5.52. The van der Waals surface area contributed by atoms with Crippen molar-refractivity contribution in [1.82, 2.24) is 5.32 Å². The molecule has 0 bridgehead atoms. The molecule has 4 nitrogen and oxygen atoms in total. The third kappa shape index (κ3) is 4.58. The summed E-state index contributed by atoms with van der Waals surface area (Å²) >= 11 is 0. The number of halogens is 2. The van der Waals surface area contributed by atoms with E-state index in [1.165, 1.54) is 12.1 Å². The molecule has 1 amide bonds. The average Bonchev–Trinajstić information content (AvgIpc) is 2.85. The van der Waals surface area contributed by atoms with Gasteiger partial charge in [-0.15, -0.1) is 12.4 Å². The summed E-state index contributed by atoms with van der Waals surface area (Å²) < 4.78 is 19.0. The second-order valence-electron chi connectivity index (χ2n) is 5.32. The molecule has 0 aliphatic heterocycles. The number of rotatable bonds is 4. The fourth-order valence-electron chi connectivity index (χ4n) is 1.66. The maximum Gasteiger partial charge on any atom is 0.287 e. The Labute approximate surface area is 128 Å². The van der Waals surface area contributed by atoms with E-state index >= 15 is 0 Å². The van der Waals surface area contributed by atoms with Gasteiger partial charge in [-0.1, -0.05) is 12.1 Å². The molecule has 0 saturated heterocycles. The summed E-state index contributed by atoms with van der Waals surface area (Å²) in [5.74, 6) is -0.309. The van der Waals surface area contributed by atoms with Gasteiger partial charge in [0, 0.05) is 12.1 Å². The number of carbonyl (C=O) groups excluding carboxylic acids is 1. The van der Waals surface area contributed by atoms with Crippen molar-refractivity contribution >= 4 is 18.3 Å². The lowest BCUT2D eigenvalue weighted by atomic mass is 10.1. The first kappa shape index (κ1) is 17.2. The van der Waals surface area contributed by atoms with Crippen LogP contribution in [0.15, 0.2) is 40.8 Å². The quantitative estimate of drug-likeness (QED) is 0.912. The van der Waals surface area contributed by atoms with E-state index in [0.29, 0.717) is 17.9 Å². The van der Waals surface area contributed by atoms with E-state index in [0.717, 1.165) is 0 Å². The van der Waals surface area contributed by atoms with Crippen LogP contribution in [0.3, 0.4) is 0 Å². The van der Waals surface area contributed by atoms with Gasteiger partial charge in [0.05, 0.1) is 5.56 Å². The molecule has 0 fully saturated rings. The Morgan fingerprint density at radius 3 is 2.57 bits per heavy atom. The highest BCUT2D eigenvalue weighted by molar-refractivity contribution is 5.92. The number of hydrogen-bond donors (Lipinski definition) is 2. The van der Waals surface area contributed by atoms with Gasteiger partial charge in [0.2, 0.25) is 0 Å². The molecule has 6 heteroatoms. The van der Waals surface area contributed by atoms with Crippen LogP contribution < -0.4 is 11.1 Å². The molecule has 0 spiro atoms. The molecule has 0 aliphatic rings. The summed E-state index contributed by atoms with van der Waals surface area (Å²) in [5, 5.41) is 2.67. The van der Waals surface area contributed by atoms with Crippen LogP contribution in [0, 0.1) is 5.82 Å². The Hall–Kier alpha value is -1.85. The summed E-state index contributed by atoms with van der Waals surface area (Å²) in [6, 6.07) is 9.32. The number of amides is 1. The van der Waals surface area contributed by atoms with Crippen molar-refractivity contribution in [2.24, 2.45) is 5.73 Å². The molecule has 3 N–H and O–H groups in total. The molecule has 1 aromatic carbocycles. The Bertz CT molecular complexity index is 620. The Morgan fingerprint density at radius 1 is 1.29 bits per heavy atom. The Balaban J connectivity index is 0.00000220. The van der Waals surface area contributed by atoms with Crippen LogP contribution in [0.2, 0.25) is 0 Å². The molecule has 0 aliphatic carbocycles. The number of carbonyl (C=O) groups is 1. The maximum absolute atomic E-state index is 13.6. The second kappa shape index (κ2) is 6.74. The molecule has 2 rings (SSSR count). The van der Waals surface area contributed by atoms with Gasteiger partial charge in [-0.2, -0.15) is 0 Å². The third-order valence-electron chi connectivity index (χ3n) is 2.67. The highest BCUT2D eigenvalue weighted by Crippen LogP contribution is 2.24. The number of nitrogens with two attached hydrogens (primary N) is 1. The SMILES string of the molecule is CC(C)(N)CNC(=O)c1ccc(-c2ccccc2F)o1.Cl. The van der Waals surface area contributed by atoms with Crippen molar-refractivity contribution in [2.45, 2.75) is 19.4 Å². The number of benzene rings is 1. The van der Waals surface area contributed by atoms with Gasteiger partial charge in [0.25, 0.3) is 5.91 Å². The second-order valence-corrected chi connectivity index (χ2v) is 5.32. The van der Waals surface area contributed by atoms with Gasteiger partial charge in [-0.3, -0.25) is 4.79 Å². The van der Waals surface area contributed by atoms with Crippen molar-refractivity contribution < 1.29 is 13.6 Å². The smallest absolute Gasteiger partial charge is 0.287 e. The normalized spacial score (nSPS) is 10.9. The van der Waals surface area contributed by atoms with Crippen LogP contribution >= 0.6 is 12.4 Å². The zero-order valence-corrected chi connectivity index (χ0v) is 12.7. The van der Waals surface area contributed by atoms with E-state index in [1.54, 1.807) is 38.1 Å². The zero-order valence-electron chi connectivity index (χ0n) is 11.9. The molecule has 0 unspecified atom stereocenters. The molecule has 0 radical (unpaired) electrons. The first-order chi connectivity index (χ1) is 9.37. The van der Waals surface area contributed by atoms with Gasteiger partial charge in [-0.25, -0.2) is 4.39 Å². The van der Waals surface area contributed by atoms with Gasteiger partial charge in [0.1, 0.15) is 11.6 Å². The predicted molar refractivity (Wildman–Crippen MR) is 81.9 cm³/mol. The van der Waals surface area contributed by atoms with Gasteiger partial charge in [0.15, 0.2) is 5.76 Å². The maximum atomic E-state index is 13.6. The van der Waals surface area contributed by atoms with Crippen LogP contribution in [0.4, 0.5) is 4.39 Å². The fraction of sp³-hybridized carbons (Fsp3) is 0.267. The van der Waals surface area contributed by atoms with Crippen molar-refractivity contribution in [3.05, 3.63) is 48.0 Å². The molecule has 2 aromatic rings. The van der Waals surface area contributed by atoms with Crippen molar-refractivity contribution in [2.75, 3.05) is 6.54 Å². The number of hydrogen-bond acceptors (Lipinski definition) is 3. The average molecular weight is 313 g/mol. The molecule has 1 aromatic heterocycles. The lowest BCUT2D eigenvalue weighted by molar-refractivity contribution is 0.0919. The molecule has 0 atom stereocenters. The minimum atomic E-state index is -0.503. The molecule has 0 saturated carbocycles. The van der Waals surface area contributed by atoms with E-state index in [2.05, 4.69) is 5.32 Å². The van der Waals surface area contributed by atoms with Crippen LogP contribution in [-0.2, 0) is 0 Å². The standard InChI is InChI=1S/C15H17FN2O2.ClH/c1-15(2,17)9-18-14(19)13-8-7-12(20-13)10-5-3-4-6-11(10)16;/h3-8H,9,17H2,1-2H3,(H,18,19);1H. The fourth-order valence-corrected chi connectivity index (χ4v) is 1.66. The van der Waals surface area contributed by atoms with Crippen molar-refractivity contribution in [3.63, 3.8) is 0 Å². The minimum absolute atomic E-state index is 0. The highest BCUT2D eigenvalue weighted by Gasteiger charge is 2.17. The Morgan fingerprint density at radius 2 is 1.95 bits per heavy atom. The van der Waals surface area contributed by atoms with Crippen molar-refractivity contribution in [1.29, 1.82) is 0 Å². The van der Waals surface area contributed by atoms with Crippen LogP contribution in [0.5, 0.6) is 0 Å². The van der Waals surface area contributed by atoms with Gasteiger partial charge in [-0.05, 0) is 38.1 Å².